The Bertz CT molecular complexity index is 988. The lowest BCUT2D eigenvalue weighted by Crippen LogP contribution is -2.70. The van der Waals surface area contributed by atoms with Crippen molar-refractivity contribution in [1.29, 1.82) is 0 Å². The van der Waals surface area contributed by atoms with E-state index in [0.29, 0.717) is 31.8 Å². The maximum Gasteiger partial charge on any atom is 0.308 e. The van der Waals surface area contributed by atoms with Crippen molar-refractivity contribution in [1.82, 2.24) is 5.32 Å². The van der Waals surface area contributed by atoms with Crippen LogP contribution in [0.2, 0.25) is 0 Å². The first-order valence-corrected chi connectivity index (χ1v) is 14.9. The van der Waals surface area contributed by atoms with Crippen molar-refractivity contribution >= 4 is 17.8 Å². The van der Waals surface area contributed by atoms with E-state index in [1.165, 1.54) is 0 Å². The number of carboxylic acid groups (broad SMARTS) is 1. The lowest BCUT2D eigenvalue weighted by Gasteiger charge is -2.59. The Morgan fingerprint density at radius 1 is 1.02 bits per heavy atom. The number of nitrogens with one attached hydrogen (secondary N) is 1. The Kier molecular flexibility index (Phi) is 8.26. The molecule has 11 heteroatoms. The van der Waals surface area contributed by atoms with Crippen LogP contribution >= 0.6 is 0 Å². The molecule has 10 atom stereocenters. The van der Waals surface area contributed by atoms with Gasteiger partial charge in [-0.2, -0.15) is 0 Å². The average Bonchev–Trinajstić information content (AvgIpc) is 3.10. The molecule has 40 heavy (non-hydrogen) atoms. The van der Waals surface area contributed by atoms with Gasteiger partial charge in [0.2, 0.25) is 18.0 Å². The summed E-state index contributed by atoms with van der Waals surface area (Å²) in [4.78, 5) is 49.1. The normalized spacial score (nSPS) is 42.7. The van der Waals surface area contributed by atoms with Gasteiger partial charge in [0.25, 0.3) is 0 Å². The third kappa shape index (κ3) is 5.77. The number of ether oxygens (including phenoxy) is 4. The molecule has 5 heterocycles. The van der Waals surface area contributed by atoms with Crippen LogP contribution in [0.15, 0.2) is 0 Å². The van der Waals surface area contributed by atoms with E-state index in [0.717, 1.165) is 19.3 Å². The van der Waals surface area contributed by atoms with Gasteiger partial charge in [-0.3, -0.25) is 14.4 Å². The standard InChI is InChI=1S/C29H45NO10/c1-16-6-7-20-17(2)25(37-26-29(20)19(16)10-12-28(5,38-26)39-40-29)36-24(34)9-8-22(31)30-21(14-23(32)33)18-11-13-35-27(3,4)15-18/h16-21,25-26H,6-15H2,1-5H3,(H,30,31)(H,32,33)/t16-,17-,18?,19+,20+,21?,25-,26-,28?,29?/m1/s1. The van der Waals surface area contributed by atoms with Crippen LogP contribution in [0.25, 0.3) is 0 Å². The molecule has 226 valence electrons. The third-order valence-electron chi connectivity index (χ3n) is 9.95. The van der Waals surface area contributed by atoms with E-state index in [1.807, 2.05) is 27.7 Å². The molecule has 0 aromatic rings. The quantitative estimate of drug-likeness (QED) is 0.330. The second-order valence-electron chi connectivity index (χ2n) is 13.4. The minimum atomic E-state index is -0.979. The fraction of sp³-hybridized carbons (Fsp3) is 0.897. The first-order valence-electron chi connectivity index (χ1n) is 14.9. The summed E-state index contributed by atoms with van der Waals surface area (Å²) in [6, 6.07) is -0.532. The van der Waals surface area contributed by atoms with Crippen LogP contribution in [0.5, 0.6) is 0 Å². The average molecular weight is 568 g/mol. The van der Waals surface area contributed by atoms with Gasteiger partial charge in [0.1, 0.15) is 0 Å². The summed E-state index contributed by atoms with van der Waals surface area (Å²) in [5.41, 5.74) is -1.12. The first-order chi connectivity index (χ1) is 18.8. The van der Waals surface area contributed by atoms with Crippen LogP contribution in [0.1, 0.15) is 92.4 Å². The number of carbonyl (C=O) groups excluding carboxylic acids is 2. The monoisotopic (exact) mass is 567 g/mol. The van der Waals surface area contributed by atoms with Gasteiger partial charge < -0.3 is 29.4 Å². The summed E-state index contributed by atoms with van der Waals surface area (Å²) in [5, 5.41) is 12.3. The molecule has 5 saturated heterocycles. The van der Waals surface area contributed by atoms with E-state index in [-0.39, 0.29) is 54.4 Å². The Morgan fingerprint density at radius 2 is 1.80 bits per heavy atom. The summed E-state index contributed by atoms with van der Waals surface area (Å²) in [7, 11) is 0. The van der Waals surface area contributed by atoms with Gasteiger partial charge >= 0.3 is 11.9 Å². The molecule has 1 saturated carbocycles. The van der Waals surface area contributed by atoms with Crippen molar-refractivity contribution < 1.29 is 48.2 Å². The summed E-state index contributed by atoms with van der Waals surface area (Å²) in [5.74, 6) is -2.34. The molecule has 1 aliphatic carbocycles. The minimum Gasteiger partial charge on any atom is -0.481 e. The van der Waals surface area contributed by atoms with E-state index in [2.05, 4.69) is 12.2 Å². The van der Waals surface area contributed by atoms with Gasteiger partial charge in [-0.1, -0.05) is 13.8 Å². The maximum absolute atomic E-state index is 12.9. The SMILES string of the molecule is C[C@H]1[C@H](OC(=O)CCC(=O)NC(CC(=O)O)C2CCOC(C)(C)C2)O[C@@H]2OC3(C)CC[C@H]4[C@H](C)CC[C@@H]1C24OO3. The number of esters is 1. The van der Waals surface area contributed by atoms with Gasteiger partial charge in [0.15, 0.2) is 11.9 Å². The summed E-state index contributed by atoms with van der Waals surface area (Å²) < 4.78 is 24.1. The van der Waals surface area contributed by atoms with Gasteiger partial charge in [-0.25, -0.2) is 9.78 Å². The molecule has 0 aromatic heterocycles. The predicted molar refractivity (Wildman–Crippen MR) is 139 cm³/mol. The largest absolute Gasteiger partial charge is 0.481 e. The molecule has 0 radical (unpaired) electrons. The van der Waals surface area contributed by atoms with Gasteiger partial charge in [0, 0.05) is 37.3 Å². The van der Waals surface area contributed by atoms with Crippen LogP contribution in [-0.4, -0.2) is 65.2 Å². The number of rotatable bonds is 8. The second-order valence-corrected chi connectivity index (χ2v) is 13.4. The van der Waals surface area contributed by atoms with Crippen LogP contribution in [0, 0.1) is 29.6 Å². The highest BCUT2D eigenvalue weighted by Gasteiger charge is 2.69. The van der Waals surface area contributed by atoms with Crippen molar-refractivity contribution in [2.24, 2.45) is 29.6 Å². The van der Waals surface area contributed by atoms with Crippen LogP contribution in [0.4, 0.5) is 0 Å². The van der Waals surface area contributed by atoms with E-state index in [4.69, 9.17) is 28.7 Å². The molecule has 0 aromatic carbocycles. The molecular formula is C29H45NO10. The highest BCUT2D eigenvalue weighted by molar-refractivity contribution is 5.82. The minimum absolute atomic E-state index is 0.0236. The molecule has 1 spiro atoms. The predicted octanol–water partition coefficient (Wildman–Crippen LogP) is 3.68. The molecule has 5 aliphatic heterocycles. The van der Waals surface area contributed by atoms with Crippen LogP contribution < -0.4 is 5.32 Å². The van der Waals surface area contributed by atoms with Crippen molar-refractivity contribution in [3.63, 3.8) is 0 Å². The zero-order valence-electron chi connectivity index (χ0n) is 24.3. The third-order valence-corrected chi connectivity index (χ3v) is 9.95. The summed E-state index contributed by atoms with van der Waals surface area (Å²) in [6.07, 6.45) is 2.85. The van der Waals surface area contributed by atoms with E-state index >= 15 is 0 Å². The number of hydrogen-bond acceptors (Lipinski definition) is 9. The molecular weight excluding hydrogens is 522 g/mol. The molecule has 4 unspecified atom stereocenters. The van der Waals surface area contributed by atoms with Gasteiger partial charge in [0.05, 0.1) is 18.4 Å². The number of carboxylic acids is 1. The van der Waals surface area contributed by atoms with Crippen molar-refractivity contribution in [3.05, 3.63) is 0 Å². The Hall–Kier alpha value is -1.79. The van der Waals surface area contributed by atoms with Crippen molar-refractivity contribution in [3.8, 4) is 0 Å². The molecule has 2 N–H and O–H groups in total. The molecule has 1 amide bonds. The summed E-state index contributed by atoms with van der Waals surface area (Å²) >= 11 is 0. The molecule has 6 rings (SSSR count). The zero-order chi connectivity index (χ0) is 28.9. The number of hydrogen-bond donors (Lipinski definition) is 2. The van der Waals surface area contributed by atoms with E-state index < -0.39 is 41.9 Å². The summed E-state index contributed by atoms with van der Waals surface area (Å²) in [6.45, 7) is 10.5. The number of aliphatic carboxylic acids is 1. The van der Waals surface area contributed by atoms with Gasteiger partial charge in [-0.15, -0.1) is 0 Å². The van der Waals surface area contributed by atoms with Gasteiger partial charge in [-0.05, 0) is 70.6 Å². The molecule has 2 bridgehead atoms. The highest BCUT2D eigenvalue weighted by atomic mass is 17.3. The Labute approximate surface area is 235 Å². The van der Waals surface area contributed by atoms with Crippen LogP contribution in [0.3, 0.4) is 0 Å². The molecule has 11 nitrogen and oxygen atoms in total. The Balaban J connectivity index is 1.19. The van der Waals surface area contributed by atoms with E-state index in [1.54, 1.807) is 0 Å². The highest BCUT2D eigenvalue weighted by Crippen LogP contribution is 2.60. The fourth-order valence-corrected chi connectivity index (χ4v) is 7.84. The second kappa shape index (κ2) is 11.1. The number of carbonyl (C=O) groups is 3. The molecule has 6 aliphatic rings. The van der Waals surface area contributed by atoms with E-state index in [9.17, 15) is 19.5 Å². The number of fused-ring (bicyclic) bond motifs is 2. The smallest absolute Gasteiger partial charge is 0.308 e. The van der Waals surface area contributed by atoms with Crippen LogP contribution in [-0.2, 0) is 43.1 Å². The van der Waals surface area contributed by atoms with Crippen molar-refractivity contribution in [2.75, 3.05) is 6.61 Å². The lowest BCUT2D eigenvalue weighted by atomic mass is 9.58. The molecule has 6 fully saturated rings. The topological polar surface area (TPSA) is 139 Å². The first kappa shape index (κ1) is 29.7. The maximum atomic E-state index is 12.9. The Morgan fingerprint density at radius 3 is 2.52 bits per heavy atom. The lowest BCUT2D eigenvalue weighted by molar-refractivity contribution is -0.576. The zero-order valence-corrected chi connectivity index (χ0v) is 24.3. The number of amides is 1. The fourth-order valence-electron chi connectivity index (χ4n) is 7.84. The van der Waals surface area contributed by atoms with Crippen molar-refractivity contribution in [2.45, 2.75) is 128 Å².